The topological polar surface area (TPSA) is 12.0 Å². The first kappa shape index (κ1) is 17.3. The van der Waals surface area contributed by atoms with E-state index in [0.717, 1.165) is 47.6 Å². The quantitative estimate of drug-likeness (QED) is 0.722. The third kappa shape index (κ3) is 4.47. The second-order valence-corrected chi connectivity index (χ2v) is 9.03. The van der Waals surface area contributed by atoms with Crippen molar-refractivity contribution in [1.29, 1.82) is 0 Å². The number of nitrogens with one attached hydrogen (secondary N) is 1. The maximum atomic E-state index is 4.18. The first-order chi connectivity index (χ1) is 9.88. The summed E-state index contributed by atoms with van der Waals surface area (Å²) in [5.74, 6) is 5.27. The SMILES string of the molecule is CC(C)C1CC[C@@H](C)CC1N[C@@H]1C[C@H](C)CC[C@H]1C(C)C. The summed E-state index contributed by atoms with van der Waals surface area (Å²) in [6.45, 7) is 14.6. The summed E-state index contributed by atoms with van der Waals surface area (Å²) >= 11 is 0. The average molecular weight is 294 g/mol. The van der Waals surface area contributed by atoms with Gasteiger partial charge in [-0.1, -0.05) is 54.4 Å². The van der Waals surface area contributed by atoms with Gasteiger partial charge < -0.3 is 5.32 Å². The van der Waals surface area contributed by atoms with Crippen molar-refractivity contribution >= 4 is 0 Å². The predicted octanol–water partition coefficient (Wildman–Crippen LogP) is 5.50. The average Bonchev–Trinajstić information content (AvgIpc) is 2.38. The van der Waals surface area contributed by atoms with Crippen molar-refractivity contribution in [3.63, 3.8) is 0 Å². The van der Waals surface area contributed by atoms with Crippen molar-refractivity contribution in [3.05, 3.63) is 0 Å². The van der Waals surface area contributed by atoms with Gasteiger partial charge in [0.15, 0.2) is 0 Å². The molecule has 1 heteroatoms. The smallest absolute Gasteiger partial charge is 0.0103 e. The third-order valence-corrected chi connectivity index (χ3v) is 6.47. The van der Waals surface area contributed by atoms with Gasteiger partial charge in [-0.25, -0.2) is 0 Å². The summed E-state index contributed by atoms with van der Waals surface area (Å²) in [5, 5.41) is 4.18. The molecule has 1 N–H and O–H groups in total. The van der Waals surface area contributed by atoms with Crippen molar-refractivity contribution in [3.8, 4) is 0 Å². The zero-order valence-electron chi connectivity index (χ0n) is 15.4. The molecule has 0 heterocycles. The molecule has 21 heavy (non-hydrogen) atoms. The highest BCUT2D eigenvalue weighted by atomic mass is 15.0. The molecular formula is C20H39N. The van der Waals surface area contributed by atoms with Gasteiger partial charge in [0, 0.05) is 12.1 Å². The molecule has 0 bridgehead atoms. The van der Waals surface area contributed by atoms with E-state index in [1.807, 2.05) is 0 Å². The Morgan fingerprint density at radius 2 is 1.05 bits per heavy atom. The molecule has 2 fully saturated rings. The number of rotatable bonds is 4. The van der Waals surface area contributed by atoms with Crippen molar-refractivity contribution in [2.75, 3.05) is 0 Å². The molecule has 2 aliphatic carbocycles. The maximum absolute atomic E-state index is 4.18. The van der Waals surface area contributed by atoms with Crippen LogP contribution in [-0.2, 0) is 0 Å². The molecule has 124 valence electrons. The van der Waals surface area contributed by atoms with Gasteiger partial charge in [-0.05, 0) is 61.2 Å². The zero-order chi connectivity index (χ0) is 15.6. The molecule has 0 saturated heterocycles. The van der Waals surface area contributed by atoms with Gasteiger partial charge in [-0.3, -0.25) is 0 Å². The fraction of sp³-hybridized carbons (Fsp3) is 1.00. The molecule has 0 spiro atoms. The van der Waals surface area contributed by atoms with Crippen molar-refractivity contribution in [2.45, 2.75) is 92.2 Å². The molecular weight excluding hydrogens is 254 g/mol. The molecule has 0 aromatic heterocycles. The standard InChI is InChI=1S/C20H39N/c1-13(2)17-9-7-15(5)11-19(17)21-20-12-16(6)8-10-18(20)14(3)4/h13-21H,7-12H2,1-6H3/t15-,16-,17+,18?,19-,20?/m1/s1. The van der Waals surface area contributed by atoms with Crippen molar-refractivity contribution in [2.24, 2.45) is 35.5 Å². The van der Waals surface area contributed by atoms with Crippen LogP contribution in [0.2, 0.25) is 0 Å². The van der Waals surface area contributed by atoms with Crippen LogP contribution in [0.5, 0.6) is 0 Å². The van der Waals surface area contributed by atoms with Crippen LogP contribution in [0.4, 0.5) is 0 Å². The van der Waals surface area contributed by atoms with Crippen LogP contribution < -0.4 is 5.32 Å². The minimum absolute atomic E-state index is 0.769. The predicted molar refractivity (Wildman–Crippen MR) is 93.4 cm³/mol. The fourth-order valence-electron chi connectivity index (χ4n) is 5.06. The van der Waals surface area contributed by atoms with Crippen LogP contribution in [0.15, 0.2) is 0 Å². The highest BCUT2D eigenvalue weighted by Gasteiger charge is 2.36. The molecule has 6 atom stereocenters. The van der Waals surface area contributed by atoms with Gasteiger partial charge in [-0.2, -0.15) is 0 Å². The summed E-state index contributed by atoms with van der Waals surface area (Å²) in [6, 6.07) is 1.54. The molecule has 0 aliphatic heterocycles. The first-order valence-electron chi connectivity index (χ1n) is 9.64. The Hall–Kier alpha value is -0.0400. The van der Waals surface area contributed by atoms with Crippen molar-refractivity contribution < 1.29 is 0 Å². The Morgan fingerprint density at radius 1 is 0.667 bits per heavy atom. The largest absolute Gasteiger partial charge is 0.311 e. The third-order valence-electron chi connectivity index (χ3n) is 6.47. The molecule has 0 aromatic rings. The van der Waals surface area contributed by atoms with Crippen LogP contribution in [0.25, 0.3) is 0 Å². The summed E-state index contributed by atoms with van der Waals surface area (Å²) in [6.07, 6.45) is 8.55. The Balaban J connectivity index is 2.04. The fourth-order valence-corrected chi connectivity index (χ4v) is 5.06. The van der Waals surface area contributed by atoms with E-state index in [2.05, 4.69) is 46.9 Å². The molecule has 2 unspecified atom stereocenters. The normalized spacial score (nSPS) is 41.7. The van der Waals surface area contributed by atoms with E-state index < -0.39 is 0 Å². The van der Waals surface area contributed by atoms with Gasteiger partial charge in [0.25, 0.3) is 0 Å². The van der Waals surface area contributed by atoms with Crippen LogP contribution >= 0.6 is 0 Å². The van der Waals surface area contributed by atoms with Crippen LogP contribution in [0, 0.1) is 35.5 Å². The van der Waals surface area contributed by atoms with Gasteiger partial charge in [-0.15, -0.1) is 0 Å². The Bertz CT molecular complexity index is 279. The summed E-state index contributed by atoms with van der Waals surface area (Å²) in [4.78, 5) is 0. The highest BCUT2D eigenvalue weighted by Crippen LogP contribution is 2.38. The lowest BCUT2D eigenvalue weighted by atomic mass is 9.70. The second kappa shape index (κ2) is 7.49. The lowest BCUT2D eigenvalue weighted by Crippen LogP contribution is -2.52. The Labute approximate surface area is 133 Å². The molecule has 0 radical (unpaired) electrons. The van der Waals surface area contributed by atoms with E-state index in [1.165, 1.54) is 38.5 Å². The molecule has 2 aliphatic rings. The molecule has 1 nitrogen and oxygen atoms in total. The minimum Gasteiger partial charge on any atom is -0.311 e. The van der Waals surface area contributed by atoms with E-state index in [1.54, 1.807) is 0 Å². The lowest BCUT2D eigenvalue weighted by Gasteiger charge is -2.45. The summed E-state index contributed by atoms with van der Waals surface area (Å²) in [7, 11) is 0. The van der Waals surface area contributed by atoms with Gasteiger partial charge >= 0.3 is 0 Å². The summed E-state index contributed by atoms with van der Waals surface area (Å²) in [5.41, 5.74) is 0. The first-order valence-corrected chi connectivity index (χ1v) is 9.64. The van der Waals surface area contributed by atoms with Crippen LogP contribution in [-0.4, -0.2) is 12.1 Å². The second-order valence-electron chi connectivity index (χ2n) is 9.03. The van der Waals surface area contributed by atoms with E-state index in [4.69, 9.17) is 0 Å². The van der Waals surface area contributed by atoms with E-state index in [0.29, 0.717) is 0 Å². The van der Waals surface area contributed by atoms with Crippen LogP contribution in [0.1, 0.15) is 80.1 Å². The number of hydrogen-bond acceptors (Lipinski definition) is 1. The zero-order valence-corrected chi connectivity index (χ0v) is 15.4. The van der Waals surface area contributed by atoms with Gasteiger partial charge in [0.05, 0.1) is 0 Å². The van der Waals surface area contributed by atoms with E-state index in [-0.39, 0.29) is 0 Å². The summed E-state index contributed by atoms with van der Waals surface area (Å²) < 4.78 is 0. The highest BCUT2D eigenvalue weighted by molar-refractivity contribution is 4.92. The number of hydrogen-bond donors (Lipinski definition) is 1. The van der Waals surface area contributed by atoms with E-state index >= 15 is 0 Å². The van der Waals surface area contributed by atoms with Crippen molar-refractivity contribution in [1.82, 2.24) is 5.32 Å². The van der Waals surface area contributed by atoms with E-state index in [9.17, 15) is 0 Å². The Morgan fingerprint density at radius 3 is 1.38 bits per heavy atom. The minimum atomic E-state index is 0.769. The molecule has 0 amide bonds. The Kier molecular flexibility index (Phi) is 6.17. The van der Waals surface area contributed by atoms with Gasteiger partial charge in [0.1, 0.15) is 0 Å². The van der Waals surface area contributed by atoms with Crippen LogP contribution in [0.3, 0.4) is 0 Å². The maximum Gasteiger partial charge on any atom is 0.0103 e. The lowest BCUT2D eigenvalue weighted by molar-refractivity contribution is 0.106. The van der Waals surface area contributed by atoms with Gasteiger partial charge in [0.2, 0.25) is 0 Å². The molecule has 0 aromatic carbocycles. The molecule has 2 rings (SSSR count). The monoisotopic (exact) mass is 293 g/mol. The molecule has 2 saturated carbocycles.